The second-order valence-electron chi connectivity index (χ2n) is 10.3. The summed E-state index contributed by atoms with van der Waals surface area (Å²) in [6.07, 6.45) is 0.410. The largest absolute Gasteiger partial charge is 0.488 e. The molecular formula is C32H37NO5. The van der Waals surface area contributed by atoms with Crippen LogP contribution in [0, 0.1) is 5.92 Å². The van der Waals surface area contributed by atoms with Crippen LogP contribution in [0.1, 0.15) is 64.2 Å². The summed E-state index contributed by atoms with van der Waals surface area (Å²) in [5.74, 6) is 0.719. The third kappa shape index (κ3) is 5.32. The summed E-state index contributed by atoms with van der Waals surface area (Å²) in [5, 5.41) is 13.6. The van der Waals surface area contributed by atoms with Crippen molar-refractivity contribution >= 4 is 28.4 Å². The van der Waals surface area contributed by atoms with Gasteiger partial charge in [-0.2, -0.15) is 0 Å². The van der Waals surface area contributed by atoms with Crippen LogP contribution in [-0.2, 0) is 21.7 Å². The number of fused-ring (bicyclic) bond motifs is 2. The summed E-state index contributed by atoms with van der Waals surface area (Å²) < 4.78 is 12.0. The van der Waals surface area contributed by atoms with Crippen molar-refractivity contribution in [3.05, 3.63) is 82.9 Å². The van der Waals surface area contributed by atoms with Crippen molar-refractivity contribution in [1.29, 1.82) is 0 Å². The van der Waals surface area contributed by atoms with Crippen LogP contribution >= 0.6 is 0 Å². The molecule has 0 bridgehead atoms. The van der Waals surface area contributed by atoms with Gasteiger partial charge in [0.05, 0.1) is 0 Å². The van der Waals surface area contributed by atoms with Crippen LogP contribution in [0.4, 0.5) is 4.79 Å². The van der Waals surface area contributed by atoms with Crippen LogP contribution in [0.25, 0.3) is 16.5 Å². The maximum Gasteiger partial charge on any atom is 0.415 e. The summed E-state index contributed by atoms with van der Waals surface area (Å²) in [6.45, 7) is 10.9. The zero-order valence-corrected chi connectivity index (χ0v) is 22.9. The molecule has 1 atom stereocenters. The molecule has 3 aromatic carbocycles. The van der Waals surface area contributed by atoms with Crippen molar-refractivity contribution in [2.45, 2.75) is 59.7 Å². The first kappa shape index (κ1) is 27.4. The van der Waals surface area contributed by atoms with E-state index in [1.807, 2.05) is 74.5 Å². The standard InChI is InChI=1S/C32H37NO5/c1-6-33(7-2)31(35)38-29-22(5)30(34)32(36,17-16-21(3)4)27-19-25-24(18-26(27)29)14-11-15-28(25)37-20-23-12-9-8-10-13-23/h8-15,18-19,21,36H,6-7,16-17,20H2,1-5H3/t32-/m1/s1. The molecule has 200 valence electrons. The van der Waals surface area contributed by atoms with Gasteiger partial charge in [-0.05, 0) is 68.7 Å². The molecule has 1 N–H and O–H groups in total. The van der Waals surface area contributed by atoms with Crippen LogP contribution in [-0.4, -0.2) is 35.0 Å². The Morgan fingerprint density at radius 1 is 1.03 bits per heavy atom. The van der Waals surface area contributed by atoms with Crippen molar-refractivity contribution in [1.82, 2.24) is 4.90 Å². The predicted octanol–water partition coefficient (Wildman–Crippen LogP) is 6.83. The maximum absolute atomic E-state index is 13.7. The number of carbonyl (C=O) groups excluding carboxylic acids is 2. The van der Waals surface area contributed by atoms with Crippen LogP contribution in [0.5, 0.6) is 5.75 Å². The zero-order valence-electron chi connectivity index (χ0n) is 22.9. The normalized spacial score (nSPS) is 17.1. The molecule has 1 aliphatic rings. The van der Waals surface area contributed by atoms with Crippen molar-refractivity contribution in [2.75, 3.05) is 13.1 Å². The van der Waals surface area contributed by atoms with Gasteiger partial charge in [0.1, 0.15) is 18.1 Å². The van der Waals surface area contributed by atoms with E-state index in [4.69, 9.17) is 9.47 Å². The minimum Gasteiger partial charge on any atom is -0.488 e. The molecule has 0 heterocycles. The summed E-state index contributed by atoms with van der Waals surface area (Å²) >= 11 is 0. The molecule has 0 saturated heterocycles. The minimum atomic E-state index is -1.73. The summed E-state index contributed by atoms with van der Waals surface area (Å²) in [4.78, 5) is 28.2. The van der Waals surface area contributed by atoms with E-state index >= 15 is 0 Å². The molecular weight excluding hydrogens is 478 g/mol. The number of hydrogen-bond donors (Lipinski definition) is 1. The van der Waals surface area contributed by atoms with Crippen molar-refractivity contribution in [2.24, 2.45) is 5.92 Å². The number of ether oxygens (including phenoxy) is 2. The predicted molar refractivity (Wildman–Crippen MR) is 150 cm³/mol. The first-order chi connectivity index (χ1) is 18.2. The highest BCUT2D eigenvalue weighted by atomic mass is 16.6. The molecule has 0 radical (unpaired) electrons. The first-order valence-electron chi connectivity index (χ1n) is 13.4. The lowest BCUT2D eigenvalue weighted by molar-refractivity contribution is -0.135. The maximum atomic E-state index is 13.7. The third-order valence-corrected chi connectivity index (χ3v) is 7.26. The molecule has 1 amide bonds. The van der Waals surface area contributed by atoms with E-state index in [2.05, 4.69) is 13.8 Å². The lowest BCUT2D eigenvalue weighted by atomic mass is 9.73. The van der Waals surface area contributed by atoms with Crippen LogP contribution in [0.15, 0.2) is 66.2 Å². The van der Waals surface area contributed by atoms with E-state index in [0.717, 1.165) is 16.3 Å². The van der Waals surface area contributed by atoms with Gasteiger partial charge in [-0.3, -0.25) is 4.79 Å². The average Bonchev–Trinajstić information content (AvgIpc) is 2.92. The van der Waals surface area contributed by atoms with Gasteiger partial charge in [-0.15, -0.1) is 0 Å². The topological polar surface area (TPSA) is 76.1 Å². The summed E-state index contributed by atoms with van der Waals surface area (Å²) in [5.41, 5.74) is 0.562. The molecule has 0 fully saturated rings. The van der Waals surface area contributed by atoms with Crippen molar-refractivity contribution in [3.8, 4) is 5.75 Å². The van der Waals surface area contributed by atoms with Gasteiger partial charge in [0.25, 0.3) is 0 Å². The van der Waals surface area contributed by atoms with Gasteiger partial charge in [0.15, 0.2) is 11.4 Å². The zero-order chi connectivity index (χ0) is 27.4. The number of nitrogens with zero attached hydrogens (tertiary/aromatic N) is 1. The first-order valence-corrected chi connectivity index (χ1v) is 13.4. The molecule has 0 saturated carbocycles. The van der Waals surface area contributed by atoms with E-state index in [9.17, 15) is 14.7 Å². The second-order valence-corrected chi connectivity index (χ2v) is 10.3. The van der Waals surface area contributed by atoms with Gasteiger partial charge in [-0.25, -0.2) is 4.79 Å². The highest BCUT2D eigenvalue weighted by Crippen LogP contribution is 2.45. The molecule has 38 heavy (non-hydrogen) atoms. The highest BCUT2D eigenvalue weighted by Gasteiger charge is 2.46. The second kappa shape index (κ2) is 11.4. The van der Waals surface area contributed by atoms with Gasteiger partial charge >= 0.3 is 6.09 Å². The molecule has 0 aliphatic heterocycles. The fourth-order valence-corrected chi connectivity index (χ4v) is 4.94. The van der Waals surface area contributed by atoms with E-state index in [1.165, 1.54) is 0 Å². The average molecular weight is 516 g/mol. The Labute approximate surface area is 224 Å². The highest BCUT2D eigenvalue weighted by molar-refractivity contribution is 6.12. The van der Waals surface area contributed by atoms with Gasteiger partial charge in [-0.1, -0.05) is 56.3 Å². The van der Waals surface area contributed by atoms with E-state index in [-0.39, 0.29) is 17.8 Å². The molecule has 0 aromatic heterocycles. The number of aliphatic hydroxyl groups is 1. The number of benzene rings is 3. The third-order valence-electron chi connectivity index (χ3n) is 7.26. The minimum absolute atomic E-state index is 0.202. The molecule has 4 rings (SSSR count). The Kier molecular flexibility index (Phi) is 8.22. The lowest BCUT2D eigenvalue weighted by Gasteiger charge is -2.35. The van der Waals surface area contributed by atoms with Crippen molar-refractivity contribution in [3.63, 3.8) is 0 Å². The van der Waals surface area contributed by atoms with Gasteiger partial charge < -0.3 is 19.5 Å². The fraction of sp³-hybridized carbons (Fsp3) is 0.375. The summed E-state index contributed by atoms with van der Waals surface area (Å²) in [6, 6.07) is 19.4. The molecule has 1 aliphatic carbocycles. The van der Waals surface area contributed by atoms with Gasteiger partial charge in [0, 0.05) is 35.2 Å². The van der Waals surface area contributed by atoms with Crippen molar-refractivity contribution < 1.29 is 24.2 Å². The Hall–Kier alpha value is -3.64. The molecule has 3 aromatic rings. The number of hydrogen-bond acceptors (Lipinski definition) is 5. The molecule has 6 heteroatoms. The smallest absolute Gasteiger partial charge is 0.415 e. The van der Waals surface area contributed by atoms with E-state index in [0.29, 0.717) is 48.9 Å². The monoisotopic (exact) mass is 515 g/mol. The summed E-state index contributed by atoms with van der Waals surface area (Å²) in [7, 11) is 0. The van der Waals surface area contributed by atoms with Crippen LogP contribution < -0.4 is 4.74 Å². The quantitative estimate of drug-likeness (QED) is 0.338. The SMILES string of the molecule is CCN(CC)C(=O)OC1=C(C)C(=O)[C@@](O)(CCC(C)C)c2cc3c(OCc4ccccc4)cccc3cc21. The number of Topliss-reactive ketones (excluding diaryl/α,β-unsaturated/α-hetero) is 1. The van der Waals surface area contributed by atoms with Gasteiger partial charge in [0.2, 0.25) is 0 Å². The molecule has 0 unspecified atom stereocenters. The molecule has 6 nitrogen and oxygen atoms in total. The fourth-order valence-electron chi connectivity index (χ4n) is 4.94. The van der Waals surface area contributed by atoms with E-state index in [1.54, 1.807) is 11.8 Å². The number of ketones is 1. The molecule has 0 spiro atoms. The Balaban J connectivity index is 1.85. The van der Waals surface area contributed by atoms with Crippen LogP contribution in [0.2, 0.25) is 0 Å². The number of rotatable bonds is 9. The Bertz CT molecular complexity index is 1360. The number of amides is 1. The van der Waals surface area contributed by atoms with Crippen LogP contribution in [0.3, 0.4) is 0 Å². The Morgan fingerprint density at radius 2 is 1.74 bits per heavy atom. The Morgan fingerprint density at radius 3 is 2.39 bits per heavy atom. The van der Waals surface area contributed by atoms with E-state index < -0.39 is 17.5 Å². The lowest BCUT2D eigenvalue weighted by Crippen LogP contribution is -2.41. The number of carbonyl (C=O) groups is 2.